The molecule has 0 saturated carbocycles. The standard InChI is InChI=1S/C10H14N2O2/c13-9-11-7-5-3-1-2-4-6-8-12-10-14/h3,5H,1-2,4,6-8H2. The summed E-state index contributed by atoms with van der Waals surface area (Å²) in [6.45, 7) is 0.988. The van der Waals surface area contributed by atoms with Crippen LogP contribution < -0.4 is 0 Å². The number of aliphatic imine (C=N–C) groups is 2. The van der Waals surface area contributed by atoms with Crippen LogP contribution in [-0.2, 0) is 9.59 Å². The van der Waals surface area contributed by atoms with E-state index in [0.717, 1.165) is 25.7 Å². The van der Waals surface area contributed by atoms with Crippen LogP contribution in [0.3, 0.4) is 0 Å². The lowest BCUT2D eigenvalue weighted by Crippen LogP contribution is -1.81. The molecule has 0 heterocycles. The lowest BCUT2D eigenvalue weighted by molar-refractivity contribution is 0.561. The third-order valence-corrected chi connectivity index (χ3v) is 1.63. The number of allylic oxidation sites excluding steroid dienone is 1. The first-order valence-corrected chi connectivity index (χ1v) is 4.64. The van der Waals surface area contributed by atoms with Crippen LogP contribution in [0.1, 0.15) is 25.7 Å². The molecule has 0 unspecified atom stereocenters. The summed E-state index contributed by atoms with van der Waals surface area (Å²) in [5.74, 6) is 0. The summed E-state index contributed by atoms with van der Waals surface area (Å²) >= 11 is 0. The molecule has 0 saturated heterocycles. The van der Waals surface area contributed by atoms with E-state index >= 15 is 0 Å². The molecular weight excluding hydrogens is 180 g/mol. The molecule has 14 heavy (non-hydrogen) atoms. The highest BCUT2D eigenvalue weighted by atomic mass is 16.1. The summed E-state index contributed by atoms with van der Waals surface area (Å²) in [4.78, 5) is 26.2. The van der Waals surface area contributed by atoms with E-state index in [4.69, 9.17) is 0 Å². The van der Waals surface area contributed by atoms with E-state index < -0.39 is 0 Å². The van der Waals surface area contributed by atoms with E-state index in [1.807, 2.05) is 12.2 Å². The minimum Gasteiger partial charge on any atom is -0.211 e. The lowest BCUT2D eigenvalue weighted by atomic mass is 10.2. The molecule has 0 radical (unpaired) electrons. The first-order chi connectivity index (χ1) is 6.91. The van der Waals surface area contributed by atoms with Gasteiger partial charge >= 0.3 is 0 Å². The van der Waals surface area contributed by atoms with Gasteiger partial charge in [-0.25, -0.2) is 19.6 Å². The normalized spacial score (nSPS) is 9.43. The van der Waals surface area contributed by atoms with Gasteiger partial charge in [-0.2, -0.15) is 0 Å². The topological polar surface area (TPSA) is 58.9 Å². The molecule has 0 aromatic rings. The van der Waals surface area contributed by atoms with Crippen molar-refractivity contribution in [1.29, 1.82) is 0 Å². The van der Waals surface area contributed by atoms with Crippen molar-refractivity contribution >= 4 is 12.2 Å². The minimum absolute atomic E-state index is 0.416. The molecule has 76 valence electrons. The van der Waals surface area contributed by atoms with Crippen LogP contribution in [0.4, 0.5) is 0 Å². The number of isocyanates is 2. The molecule has 0 rings (SSSR count). The second-order valence-electron chi connectivity index (χ2n) is 2.73. The van der Waals surface area contributed by atoms with Crippen molar-refractivity contribution in [2.45, 2.75) is 25.7 Å². The molecule has 0 bridgehead atoms. The Morgan fingerprint density at radius 3 is 2.43 bits per heavy atom. The van der Waals surface area contributed by atoms with Crippen molar-refractivity contribution in [3.8, 4) is 0 Å². The maximum Gasteiger partial charge on any atom is 0.235 e. The van der Waals surface area contributed by atoms with E-state index in [0.29, 0.717) is 13.1 Å². The number of nitrogens with zero attached hydrogens (tertiary/aromatic N) is 2. The monoisotopic (exact) mass is 194 g/mol. The van der Waals surface area contributed by atoms with Crippen LogP contribution in [0.25, 0.3) is 0 Å². The number of rotatable bonds is 8. The number of hydrogen-bond acceptors (Lipinski definition) is 4. The summed E-state index contributed by atoms with van der Waals surface area (Å²) in [5.41, 5.74) is 0. The number of carbonyl (C=O) groups excluding carboxylic acids is 2. The van der Waals surface area contributed by atoms with Crippen LogP contribution >= 0.6 is 0 Å². The van der Waals surface area contributed by atoms with Crippen LogP contribution in [0, 0.1) is 0 Å². The first-order valence-electron chi connectivity index (χ1n) is 4.64. The summed E-state index contributed by atoms with van der Waals surface area (Å²) in [7, 11) is 0. The van der Waals surface area contributed by atoms with Gasteiger partial charge in [0.25, 0.3) is 0 Å². The van der Waals surface area contributed by atoms with Gasteiger partial charge in [0.1, 0.15) is 0 Å². The van der Waals surface area contributed by atoms with E-state index in [1.165, 1.54) is 12.2 Å². The largest absolute Gasteiger partial charge is 0.235 e. The summed E-state index contributed by atoms with van der Waals surface area (Å²) in [6.07, 6.45) is 10.8. The van der Waals surface area contributed by atoms with Crippen molar-refractivity contribution < 1.29 is 9.59 Å². The Bertz CT molecular complexity index is 249. The highest BCUT2D eigenvalue weighted by molar-refractivity contribution is 5.33. The Labute approximate surface area is 83.4 Å². The molecule has 0 aliphatic carbocycles. The SMILES string of the molecule is O=C=NCC=CCCCCCN=C=O. The molecule has 0 amide bonds. The Morgan fingerprint density at radius 1 is 0.929 bits per heavy atom. The molecule has 0 atom stereocenters. The minimum atomic E-state index is 0.416. The van der Waals surface area contributed by atoms with Gasteiger partial charge in [0.05, 0.1) is 13.1 Å². The van der Waals surface area contributed by atoms with Gasteiger partial charge in [-0.1, -0.05) is 18.6 Å². The maximum absolute atomic E-state index is 9.70. The van der Waals surface area contributed by atoms with Gasteiger partial charge in [-0.05, 0) is 19.3 Å². The van der Waals surface area contributed by atoms with E-state index in [-0.39, 0.29) is 0 Å². The zero-order valence-electron chi connectivity index (χ0n) is 8.11. The number of hydrogen-bond donors (Lipinski definition) is 0. The number of unbranched alkanes of at least 4 members (excludes halogenated alkanes) is 3. The van der Waals surface area contributed by atoms with E-state index in [9.17, 15) is 9.59 Å². The van der Waals surface area contributed by atoms with Crippen molar-refractivity contribution in [2.24, 2.45) is 9.98 Å². The highest BCUT2D eigenvalue weighted by Gasteiger charge is 1.85. The van der Waals surface area contributed by atoms with Gasteiger partial charge in [0, 0.05) is 0 Å². The van der Waals surface area contributed by atoms with Gasteiger partial charge in [0.15, 0.2) is 0 Å². The van der Waals surface area contributed by atoms with Crippen LogP contribution in [0.2, 0.25) is 0 Å². The molecule has 0 aliphatic heterocycles. The smallest absolute Gasteiger partial charge is 0.211 e. The fraction of sp³-hybridized carbons (Fsp3) is 0.600. The highest BCUT2D eigenvalue weighted by Crippen LogP contribution is 2.00. The van der Waals surface area contributed by atoms with Crippen molar-refractivity contribution in [3.05, 3.63) is 12.2 Å². The molecule has 0 aliphatic rings. The van der Waals surface area contributed by atoms with Crippen LogP contribution in [0.15, 0.2) is 22.1 Å². The Morgan fingerprint density at radius 2 is 1.71 bits per heavy atom. The molecule has 0 aromatic heterocycles. The van der Waals surface area contributed by atoms with Crippen LogP contribution in [0.5, 0.6) is 0 Å². The molecule has 0 fully saturated rings. The first kappa shape index (κ1) is 12.5. The lowest BCUT2D eigenvalue weighted by Gasteiger charge is -1.93. The van der Waals surface area contributed by atoms with Gasteiger partial charge in [-0.3, -0.25) is 0 Å². The molecular formula is C10H14N2O2. The molecule has 0 spiro atoms. The van der Waals surface area contributed by atoms with Crippen LogP contribution in [-0.4, -0.2) is 25.2 Å². The second kappa shape index (κ2) is 11.5. The zero-order valence-corrected chi connectivity index (χ0v) is 8.11. The Hall–Kier alpha value is -1.50. The second-order valence-corrected chi connectivity index (χ2v) is 2.73. The van der Waals surface area contributed by atoms with Crippen molar-refractivity contribution in [2.75, 3.05) is 13.1 Å². The Kier molecular flexibility index (Phi) is 10.3. The predicted octanol–water partition coefficient (Wildman–Crippen LogP) is 1.77. The van der Waals surface area contributed by atoms with E-state index in [1.54, 1.807) is 0 Å². The third kappa shape index (κ3) is 10.5. The molecule has 4 nitrogen and oxygen atoms in total. The summed E-state index contributed by atoms with van der Waals surface area (Å²) < 4.78 is 0. The fourth-order valence-corrected chi connectivity index (χ4v) is 0.958. The van der Waals surface area contributed by atoms with Crippen molar-refractivity contribution in [3.63, 3.8) is 0 Å². The molecule has 4 heteroatoms. The van der Waals surface area contributed by atoms with Gasteiger partial charge in [0.2, 0.25) is 12.2 Å². The van der Waals surface area contributed by atoms with Crippen molar-refractivity contribution in [1.82, 2.24) is 0 Å². The summed E-state index contributed by atoms with van der Waals surface area (Å²) in [6, 6.07) is 0. The quantitative estimate of drug-likeness (QED) is 0.256. The zero-order chi connectivity index (χ0) is 10.5. The predicted molar refractivity (Wildman–Crippen MR) is 53.6 cm³/mol. The fourth-order valence-electron chi connectivity index (χ4n) is 0.958. The Balaban J connectivity index is 3.16. The summed E-state index contributed by atoms with van der Waals surface area (Å²) in [5, 5.41) is 0. The average Bonchev–Trinajstić information content (AvgIpc) is 2.21. The van der Waals surface area contributed by atoms with E-state index in [2.05, 4.69) is 9.98 Å². The molecule has 0 aromatic carbocycles. The van der Waals surface area contributed by atoms with Gasteiger partial charge in [-0.15, -0.1) is 0 Å². The average molecular weight is 194 g/mol. The molecule has 0 N–H and O–H groups in total. The third-order valence-electron chi connectivity index (χ3n) is 1.63. The maximum atomic E-state index is 9.70. The van der Waals surface area contributed by atoms with Gasteiger partial charge < -0.3 is 0 Å².